The minimum atomic E-state index is -0.151. The zero-order valence-corrected chi connectivity index (χ0v) is 10.8. The summed E-state index contributed by atoms with van der Waals surface area (Å²) < 4.78 is 0. The van der Waals surface area contributed by atoms with Gasteiger partial charge in [-0.2, -0.15) is 5.26 Å². The Morgan fingerprint density at radius 1 is 1.21 bits per heavy atom. The second-order valence-corrected chi connectivity index (χ2v) is 5.35. The van der Waals surface area contributed by atoms with Crippen LogP contribution in [0.1, 0.15) is 37.7 Å². The van der Waals surface area contributed by atoms with E-state index in [-0.39, 0.29) is 11.9 Å². The molecular weight excluding hydrogens is 238 g/mol. The highest BCUT2D eigenvalue weighted by molar-refractivity contribution is 6.04. The molecule has 0 bridgehead atoms. The van der Waals surface area contributed by atoms with Crippen LogP contribution < -0.4 is 10.6 Å². The zero-order valence-electron chi connectivity index (χ0n) is 10.8. The molecule has 1 atom stereocenters. The average Bonchev–Trinajstić information content (AvgIpc) is 2.47. The number of nitriles is 1. The fourth-order valence-corrected chi connectivity index (χ4v) is 3.13. The van der Waals surface area contributed by atoms with Gasteiger partial charge in [-0.15, -0.1) is 0 Å². The number of fused-ring (bicyclic) bond motifs is 1. The van der Waals surface area contributed by atoms with Crippen LogP contribution in [0.5, 0.6) is 0 Å². The molecule has 0 saturated heterocycles. The highest BCUT2D eigenvalue weighted by atomic mass is 16.2. The summed E-state index contributed by atoms with van der Waals surface area (Å²) in [6, 6.07) is 7.46. The molecule has 1 amide bonds. The Balaban J connectivity index is 1.88. The molecule has 1 aromatic rings. The Labute approximate surface area is 112 Å². The molecule has 3 rings (SSSR count). The van der Waals surface area contributed by atoms with Gasteiger partial charge in [0.2, 0.25) is 5.91 Å². The SMILES string of the molecule is N#Cc1cccc2c1NC(=O)C(C1CCCCC1)N2. The minimum absolute atomic E-state index is 0.00194. The maximum atomic E-state index is 12.2. The van der Waals surface area contributed by atoms with Gasteiger partial charge in [0, 0.05) is 0 Å². The standard InChI is InChI=1S/C15H17N3O/c16-9-11-7-4-8-12-13(11)18-15(19)14(17-12)10-5-2-1-3-6-10/h4,7-8,10,14,17H,1-3,5-6H2,(H,18,19). The molecule has 19 heavy (non-hydrogen) atoms. The van der Waals surface area contributed by atoms with E-state index in [1.165, 1.54) is 19.3 Å². The molecule has 0 radical (unpaired) electrons. The van der Waals surface area contributed by atoms with E-state index in [0.29, 0.717) is 17.2 Å². The van der Waals surface area contributed by atoms with Gasteiger partial charge in [-0.25, -0.2) is 0 Å². The highest BCUT2D eigenvalue weighted by Crippen LogP contribution is 2.35. The van der Waals surface area contributed by atoms with Crippen LogP contribution in [0.4, 0.5) is 11.4 Å². The minimum Gasteiger partial charge on any atom is -0.372 e. The Morgan fingerprint density at radius 3 is 2.74 bits per heavy atom. The number of rotatable bonds is 1. The fourth-order valence-electron chi connectivity index (χ4n) is 3.13. The normalized spacial score (nSPS) is 22.9. The molecule has 98 valence electrons. The third kappa shape index (κ3) is 2.17. The smallest absolute Gasteiger partial charge is 0.247 e. The van der Waals surface area contributed by atoms with E-state index in [1.807, 2.05) is 12.1 Å². The van der Waals surface area contributed by atoms with Crippen molar-refractivity contribution in [1.82, 2.24) is 0 Å². The second kappa shape index (κ2) is 4.93. The number of hydrogen-bond donors (Lipinski definition) is 2. The molecule has 1 heterocycles. The summed E-state index contributed by atoms with van der Waals surface area (Å²) in [6.07, 6.45) is 5.92. The number of nitrogens with one attached hydrogen (secondary N) is 2. The molecule has 2 aliphatic rings. The van der Waals surface area contributed by atoms with Crippen molar-refractivity contribution in [3.8, 4) is 6.07 Å². The number of carbonyl (C=O) groups excluding carboxylic acids is 1. The number of anilines is 2. The summed E-state index contributed by atoms with van der Waals surface area (Å²) in [4.78, 5) is 12.2. The molecular formula is C15H17N3O. The molecule has 0 aromatic heterocycles. The summed E-state index contributed by atoms with van der Waals surface area (Å²) in [5.41, 5.74) is 2.01. The van der Waals surface area contributed by atoms with Gasteiger partial charge in [0.25, 0.3) is 0 Å². The van der Waals surface area contributed by atoms with Crippen LogP contribution in [0.25, 0.3) is 0 Å². The summed E-state index contributed by atoms with van der Waals surface area (Å²) in [6.45, 7) is 0. The number of nitrogens with zero attached hydrogens (tertiary/aromatic N) is 1. The fraction of sp³-hybridized carbons (Fsp3) is 0.467. The van der Waals surface area contributed by atoms with E-state index >= 15 is 0 Å². The highest BCUT2D eigenvalue weighted by Gasteiger charge is 2.33. The van der Waals surface area contributed by atoms with Crippen molar-refractivity contribution in [2.24, 2.45) is 5.92 Å². The van der Waals surface area contributed by atoms with Crippen LogP contribution >= 0.6 is 0 Å². The lowest BCUT2D eigenvalue weighted by molar-refractivity contribution is -0.118. The van der Waals surface area contributed by atoms with E-state index in [9.17, 15) is 4.79 Å². The Morgan fingerprint density at radius 2 is 2.00 bits per heavy atom. The van der Waals surface area contributed by atoms with Gasteiger partial charge < -0.3 is 10.6 Å². The largest absolute Gasteiger partial charge is 0.372 e. The third-order valence-electron chi connectivity index (χ3n) is 4.15. The summed E-state index contributed by atoms with van der Waals surface area (Å²) >= 11 is 0. The van der Waals surface area contributed by atoms with Crippen molar-refractivity contribution in [2.45, 2.75) is 38.1 Å². The van der Waals surface area contributed by atoms with E-state index in [4.69, 9.17) is 5.26 Å². The number of hydrogen-bond acceptors (Lipinski definition) is 3. The second-order valence-electron chi connectivity index (χ2n) is 5.35. The molecule has 1 fully saturated rings. The third-order valence-corrected chi connectivity index (χ3v) is 4.15. The topological polar surface area (TPSA) is 64.9 Å². The molecule has 1 aliphatic heterocycles. The first-order chi connectivity index (χ1) is 9.29. The van der Waals surface area contributed by atoms with Crippen LogP contribution in [0, 0.1) is 17.2 Å². The quantitative estimate of drug-likeness (QED) is 0.811. The van der Waals surface area contributed by atoms with E-state index in [2.05, 4.69) is 16.7 Å². The molecule has 4 nitrogen and oxygen atoms in total. The van der Waals surface area contributed by atoms with Gasteiger partial charge in [-0.1, -0.05) is 25.3 Å². The number of benzene rings is 1. The average molecular weight is 255 g/mol. The molecule has 0 spiro atoms. The number of para-hydroxylation sites is 1. The van der Waals surface area contributed by atoms with Crippen LogP contribution in [-0.4, -0.2) is 11.9 Å². The lowest BCUT2D eigenvalue weighted by atomic mass is 9.82. The maximum absolute atomic E-state index is 12.2. The predicted octanol–water partition coefficient (Wildman–Crippen LogP) is 2.87. The van der Waals surface area contributed by atoms with Crippen molar-refractivity contribution in [1.29, 1.82) is 5.26 Å². The first-order valence-electron chi connectivity index (χ1n) is 6.90. The van der Waals surface area contributed by atoms with E-state index in [0.717, 1.165) is 18.5 Å². The Bertz CT molecular complexity index is 541. The van der Waals surface area contributed by atoms with Gasteiger partial charge in [0.15, 0.2) is 0 Å². The number of amides is 1. The molecule has 1 saturated carbocycles. The molecule has 1 unspecified atom stereocenters. The Kier molecular flexibility index (Phi) is 3.12. The van der Waals surface area contributed by atoms with Gasteiger partial charge in [0.1, 0.15) is 12.1 Å². The summed E-state index contributed by atoms with van der Waals surface area (Å²) in [7, 11) is 0. The molecule has 1 aliphatic carbocycles. The summed E-state index contributed by atoms with van der Waals surface area (Å²) in [5.74, 6) is 0.412. The van der Waals surface area contributed by atoms with Crippen molar-refractivity contribution in [2.75, 3.05) is 10.6 Å². The van der Waals surface area contributed by atoms with E-state index < -0.39 is 0 Å². The molecule has 4 heteroatoms. The van der Waals surface area contributed by atoms with Crippen LogP contribution in [0.2, 0.25) is 0 Å². The van der Waals surface area contributed by atoms with Gasteiger partial charge >= 0.3 is 0 Å². The Hall–Kier alpha value is -2.02. The van der Waals surface area contributed by atoms with Crippen molar-refractivity contribution >= 4 is 17.3 Å². The monoisotopic (exact) mass is 255 g/mol. The lowest BCUT2D eigenvalue weighted by Gasteiger charge is -2.34. The first-order valence-corrected chi connectivity index (χ1v) is 6.90. The zero-order chi connectivity index (χ0) is 13.2. The summed E-state index contributed by atoms with van der Waals surface area (Å²) in [5, 5.41) is 15.3. The van der Waals surface area contributed by atoms with Crippen LogP contribution in [0.15, 0.2) is 18.2 Å². The molecule has 2 N–H and O–H groups in total. The number of carbonyl (C=O) groups is 1. The van der Waals surface area contributed by atoms with Crippen LogP contribution in [0.3, 0.4) is 0 Å². The predicted molar refractivity (Wildman–Crippen MR) is 73.8 cm³/mol. The van der Waals surface area contributed by atoms with Gasteiger partial charge in [0.05, 0.1) is 16.9 Å². The van der Waals surface area contributed by atoms with Gasteiger partial charge in [-0.3, -0.25) is 4.79 Å². The van der Waals surface area contributed by atoms with Gasteiger partial charge in [-0.05, 0) is 30.9 Å². The van der Waals surface area contributed by atoms with E-state index in [1.54, 1.807) is 6.07 Å². The lowest BCUT2D eigenvalue weighted by Crippen LogP contribution is -2.44. The molecule has 1 aromatic carbocycles. The maximum Gasteiger partial charge on any atom is 0.247 e. The van der Waals surface area contributed by atoms with Crippen LogP contribution in [-0.2, 0) is 4.79 Å². The first kappa shape index (κ1) is 12.0. The van der Waals surface area contributed by atoms with Crippen molar-refractivity contribution < 1.29 is 4.79 Å². The van der Waals surface area contributed by atoms with Crippen molar-refractivity contribution in [3.63, 3.8) is 0 Å². The van der Waals surface area contributed by atoms with Crippen molar-refractivity contribution in [3.05, 3.63) is 23.8 Å².